The van der Waals surface area contributed by atoms with Crippen LogP contribution in [0.4, 0.5) is 14.5 Å². The average Bonchev–Trinajstić information content (AvgIpc) is 2.86. The van der Waals surface area contributed by atoms with Gasteiger partial charge in [-0.1, -0.05) is 6.07 Å². The van der Waals surface area contributed by atoms with Gasteiger partial charge in [-0.05, 0) is 17.7 Å². The summed E-state index contributed by atoms with van der Waals surface area (Å²) >= 11 is 0. The van der Waals surface area contributed by atoms with Crippen LogP contribution >= 0.6 is 0 Å². The second-order valence-corrected chi connectivity index (χ2v) is 4.09. The van der Waals surface area contributed by atoms with Gasteiger partial charge in [0.1, 0.15) is 0 Å². The van der Waals surface area contributed by atoms with Crippen molar-refractivity contribution in [3.8, 4) is 0 Å². The molecule has 0 amide bonds. The Morgan fingerprint density at radius 1 is 1.32 bits per heavy atom. The van der Waals surface area contributed by atoms with Crippen LogP contribution in [0.3, 0.4) is 0 Å². The maximum absolute atomic E-state index is 13.0. The van der Waals surface area contributed by atoms with E-state index in [1.165, 1.54) is 6.07 Å². The first-order valence-electron chi connectivity index (χ1n) is 5.88. The molecule has 0 saturated carbocycles. The summed E-state index contributed by atoms with van der Waals surface area (Å²) in [5.41, 5.74) is 1.49. The highest BCUT2D eigenvalue weighted by Crippen LogP contribution is 2.11. The van der Waals surface area contributed by atoms with Crippen molar-refractivity contribution in [2.24, 2.45) is 0 Å². The van der Waals surface area contributed by atoms with Gasteiger partial charge in [-0.2, -0.15) is 5.10 Å². The van der Waals surface area contributed by atoms with E-state index in [9.17, 15) is 8.78 Å². The monoisotopic (exact) mass is 267 g/mol. The van der Waals surface area contributed by atoms with E-state index in [0.29, 0.717) is 25.3 Å². The van der Waals surface area contributed by atoms with E-state index >= 15 is 0 Å². The number of anilines is 1. The Bertz CT molecular complexity index is 542. The van der Waals surface area contributed by atoms with Crippen molar-refractivity contribution in [3.05, 3.63) is 47.8 Å². The number of nitrogens with one attached hydrogen (secondary N) is 1. The molecule has 0 spiro atoms. The lowest BCUT2D eigenvalue weighted by Crippen LogP contribution is -2.04. The minimum Gasteiger partial charge on any atom is -0.383 e. The van der Waals surface area contributed by atoms with Gasteiger partial charge >= 0.3 is 0 Å². The molecule has 1 N–H and O–H groups in total. The van der Waals surface area contributed by atoms with Crippen molar-refractivity contribution in [2.45, 2.75) is 13.1 Å². The van der Waals surface area contributed by atoms with Gasteiger partial charge in [-0.25, -0.2) is 8.78 Å². The summed E-state index contributed by atoms with van der Waals surface area (Å²) < 4.78 is 32.5. The summed E-state index contributed by atoms with van der Waals surface area (Å²) in [6.07, 6.45) is 3.51. The van der Waals surface area contributed by atoms with E-state index in [1.54, 1.807) is 24.1 Å². The van der Waals surface area contributed by atoms with Gasteiger partial charge < -0.3 is 10.1 Å². The molecule has 0 fully saturated rings. The zero-order valence-corrected chi connectivity index (χ0v) is 10.6. The fourth-order valence-corrected chi connectivity index (χ4v) is 1.62. The molecule has 1 aromatic carbocycles. The molecule has 2 rings (SSSR count). The standard InChI is InChI=1S/C13H15F2N3O/c1-19-5-4-18-9-11(8-17-18)16-7-10-2-3-12(14)13(15)6-10/h2-3,6,8-9,16H,4-5,7H2,1H3. The number of aromatic nitrogens is 2. The Morgan fingerprint density at radius 2 is 2.16 bits per heavy atom. The van der Waals surface area contributed by atoms with E-state index in [1.807, 2.05) is 6.20 Å². The third-order valence-electron chi connectivity index (χ3n) is 2.64. The van der Waals surface area contributed by atoms with Crippen LogP contribution in [0.2, 0.25) is 0 Å². The third-order valence-corrected chi connectivity index (χ3v) is 2.64. The Kier molecular flexibility index (Phi) is 4.46. The van der Waals surface area contributed by atoms with Crippen LogP contribution in [0.5, 0.6) is 0 Å². The van der Waals surface area contributed by atoms with Gasteiger partial charge in [0.2, 0.25) is 0 Å². The molecular weight excluding hydrogens is 252 g/mol. The molecular formula is C13H15F2N3O. The van der Waals surface area contributed by atoms with Crippen LogP contribution in [0.1, 0.15) is 5.56 Å². The van der Waals surface area contributed by atoms with Gasteiger partial charge in [0.25, 0.3) is 0 Å². The topological polar surface area (TPSA) is 39.1 Å². The highest BCUT2D eigenvalue weighted by Gasteiger charge is 2.03. The maximum atomic E-state index is 13.0. The third kappa shape index (κ3) is 3.75. The Labute approximate surface area is 110 Å². The fraction of sp³-hybridized carbons (Fsp3) is 0.308. The molecule has 0 aliphatic carbocycles. The number of rotatable bonds is 6. The molecule has 0 aliphatic rings. The second kappa shape index (κ2) is 6.29. The summed E-state index contributed by atoms with van der Waals surface area (Å²) in [5.74, 6) is -1.67. The summed E-state index contributed by atoms with van der Waals surface area (Å²) in [4.78, 5) is 0. The summed E-state index contributed by atoms with van der Waals surface area (Å²) in [7, 11) is 1.63. The number of benzene rings is 1. The van der Waals surface area contributed by atoms with Crippen LogP contribution in [0, 0.1) is 11.6 Å². The van der Waals surface area contributed by atoms with E-state index in [4.69, 9.17) is 4.74 Å². The lowest BCUT2D eigenvalue weighted by atomic mass is 10.2. The second-order valence-electron chi connectivity index (χ2n) is 4.09. The van der Waals surface area contributed by atoms with Crippen LogP contribution < -0.4 is 5.32 Å². The molecule has 0 bridgehead atoms. The normalized spacial score (nSPS) is 10.7. The SMILES string of the molecule is COCCn1cc(NCc2ccc(F)c(F)c2)cn1. The van der Waals surface area contributed by atoms with Crippen molar-refractivity contribution in [2.75, 3.05) is 19.0 Å². The molecule has 2 aromatic rings. The predicted molar refractivity (Wildman–Crippen MR) is 67.8 cm³/mol. The van der Waals surface area contributed by atoms with E-state index in [0.717, 1.165) is 11.8 Å². The molecule has 1 aromatic heterocycles. The predicted octanol–water partition coefficient (Wildman–Crippen LogP) is 2.42. The molecule has 0 saturated heterocycles. The van der Waals surface area contributed by atoms with E-state index in [-0.39, 0.29) is 0 Å². The smallest absolute Gasteiger partial charge is 0.159 e. The highest BCUT2D eigenvalue weighted by molar-refractivity contribution is 5.39. The number of nitrogens with zero attached hydrogens (tertiary/aromatic N) is 2. The Balaban J connectivity index is 1.91. The molecule has 4 nitrogen and oxygen atoms in total. The Hall–Kier alpha value is -1.95. The maximum Gasteiger partial charge on any atom is 0.159 e. The lowest BCUT2D eigenvalue weighted by molar-refractivity contribution is 0.183. The number of hydrogen-bond donors (Lipinski definition) is 1. The molecule has 0 atom stereocenters. The van der Waals surface area contributed by atoms with E-state index in [2.05, 4.69) is 10.4 Å². The average molecular weight is 267 g/mol. The van der Waals surface area contributed by atoms with Crippen LogP contribution in [0.25, 0.3) is 0 Å². The number of methoxy groups -OCH3 is 1. The molecule has 6 heteroatoms. The van der Waals surface area contributed by atoms with Crippen molar-refractivity contribution in [1.82, 2.24) is 9.78 Å². The number of ether oxygens (including phenoxy) is 1. The van der Waals surface area contributed by atoms with Gasteiger partial charge in [0, 0.05) is 19.9 Å². The first-order chi connectivity index (χ1) is 9.19. The minimum absolute atomic E-state index is 0.410. The fourth-order valence-electron chi connectivity index (χ4n) is 1.62. The highest BCUT2D eigenvalue weighted by atomic mass is 19.2. The van der Waals surface area contributed by atoms with Crippen molar-refractivity contribution < 1.29 is 13.5 Å². The van der Waals surface area contributed by atoms with Gasteiger partial charge in [-0.15, -0.1) is 0 Å². The quantitative estimate of drug-likeness (QED) is 0.873. The summed E-state index contributed by atoms with van der Waals surface area (Å²) in [6.45, 7) is 1.67. The Morgan fingerprint density at radius 3 is 2.89 bits per heavy atom. The van der Waals surface area contributed by atoms with Crippen LogP contribution in [0.15, 0.2) is 30.6 Å². The summed E-state index contributed by atoms with van der Waals surface area (Å²) in [5, 5.41) is 7.23. The molecule has 1 heterocycles. The number of hydrogen-bond acceptors (Lipinski definition) is 3. The minimum atomic E-state index is -0.838. The van der Waals surface area contributed by atoms with Crippen molar-refractivity contribution >= 4 is 5.69 Å². The van der Waals surface area contributed by atoms with Crippen LogP contribution in [-0.2, 0) is 17.8 Å². The van der Waals surface area contributed by atoms with Gasteiger partial charge in [0.05, 0.1) is 25.0 Å². The zero-order valence-electron chi connectivity index (χ0n) is 10.6. The lowest BCUT2D eigenvalue weighted by Gasteiger charge is -2.04. The van der Waals surface area contributed by atoms with Crippen molar-refractivity contribution in [3.63, 3.8) is 0 Å². The zero-order chi connectivity index (χ0) is 13.7. The molecule has 102 valence electrons. The summed E-state index contributed by atoms with van der Waals surface area (Å²) in [6, 6.07) is 3.84. The van der Waals surface area contributed by atoms with Gasteiger partial charge in [-0.3, -0.25) is 4.68 Å². The van der Waals surface area contributed by atoms with Gasteiger partial charge in [0.15, 0.2) is 11.6 Å². The largest absolute Gasteiger partial charge is 0.383 e. The van der Waals surface area contributed by atoms with Crippen LogP contribution in [-0.4, -0.2) is 23.5 Å². The first-order valence-corrected chi connectivity index (χ1v) is 5.88. The van der Waals surface area contributed by atoms with Crippen molar-refractivity contribution in [1.29, 1.82) is 0 Å². The first kappa shape index (κ1) is 13.5. The molecule has 0 radical (unpaired) electrons. The van der Waals surface area contributed by atoms with E-state index < -0.39 is 11.6 Å². The number of halogens is 2. The molecule has 19 heavy (non-hydrogen) atoms. The molecule has 0 unspecified atom stereocenters. The molecule has 0 aliphatic heterocycles.